The van der Waals surface area contributed by atoms with Crippen molar-refractivity contribution in [3.63, 3.8) is 0 Å². The Kier molecular flexibility index (Phi) is 5.91. The molecule has 0 radical (unpaired) electrons. The number of thiazole rings is 1. The van der Waals surface area contributed by atoms with Crippen LogP contribution in [0, 0.1) is 20.8 Å². The van der Waals surface area contributed by atoms with E-state index in [0.717, 1.165) is 47.1 Å². The SMILES string of the molecule is Cc1ccc(-c2nc3sc(C)cn3c2CN2CCN(C(=O)Nc3ccccc3C)CC2)cc1. The van der Waals surface area contributed by atoms with Gasteiger partial charge in [0.1, 0.15) is 0 Å². The van der Waals surface area contributed by atoms with E-state index in [2.05, 4.69) is 58.9 Å². The normalized spacial score (nSPS) is 14.7. The van der Waals surface area contributed by atoms with Crippen molar-refractivity contribution in [2.24, 2.45) is 0 Å². The average Bonchev–Trinajstić information content (AvgIpc) is 3.33. The standard InChI is InChI=1S/C26H29N5OS/c1-18-8-10-21(11-9-18)24-23(31-16-20(3)33-26(31)28-24)17-29-12-14-30(15-13-29)25(32)27-22-7-5-4-6-19(22)2/h4-11,16H,12-15,17H2,1-3H3,(H,27,32). The Hall–Kier alpha value is -3.16. The van der Waals surface area contributed by atoms with Crippen LogP contribution >= 0.6 is 11.3 Å². The van der Waals surface area contributed by atoms with Crippen molar-refractivity contribution in [1.82, 2.24) is 19.2 Å². The Morgan fingerprint density at radius 2 is 1.73 bits per heavy atom. The largest absolute Gasteiger partial charge is 0.322 e. The van der Waals surface area contributed by atoms with E-state index in [4.69, 9.17) is 4.98 Å². The molecule has 6 nitrogen and oxygen atoms in total. The van der Waals surface area contributed by atoms with E-state index in [9.17, 15) is 4.79 Å². The lowest BCUT2D eigenvalue weighted by Gasteiger charge is -2.34. The third-order valence-corrected chi connectivity index (χ3v) is 7.18. The number of hydrogen-bond acceptors (Lipinski definition) is 4. The molecule has 4 aromatic rings. The van der Waals surface area contributed by atoms with Crippen molar-refractivity contribution < 1.29 is 4.79 Å². The molecule has 2 amide bonds. The van der Waals surface area contributed by atoms with Crippen LogP contribution in [0.5, 0.6) is 0 Å². The molecule has 2 aromatic heterocycles. The number of rotatable bonds is 4. The van der Waals surface area contributed by atoms with Gasteiger partial charge in [0, 0.05) is 55.0 Å². The number of carbonyl (C=O) groups excluding carboxylic acids is 1. The molecule has 7 heteroatoms. The monoisotopic (exact) mass is 459 g/mol. The van der Waals surface area contributed by atoms with Gasteiger partial charge in [0.2, 0.25) is 0 Å². The van der Waals surface area contributed by atoms with Crippen molar-refractivity contribution in [3.05, 3.63) is 76.4 Å². The summed E-state index contributed by atoms with van der Waals surface area (Å²) in [6, 6.07) is 16.5. The van der Waals surface area contributed by atoms with E-state index in [1.165, 1.54) is 16.1 Å². The van der Waals surface area contributed by atoms with Crippen molar-refractivity contribution in [2.75, 3.05) is 31.5 Å². The molecule has 0 unspecified atom stereocenters. The second kappa shape index (κ2) is 9.00. The van der Waals surface area contributed by atoms with Crippen molar-refractivity contribution in [1.29, 1.82) is 0 Å². The summed E-state index contributed by atoms with van der Waals surface area (Å²) in [7, 11) is 0. The van der Waals surface area contributed by atoms with Crippen molar-refractivity contribution in [2.45, 2.75) is 27.3 Å². The van der Waals surface area contributed by atoms with Gasteiger partial charge < -0.3 is 10.2 Å². The number of hydrogen-bond donors (Lipinski definition) is 1. The number of anilines is 1. The molecule has 1 aliphatic heterocycles. The van der Waals surface area contributed by atoms with Crippen LogP contribution in [-0.2, 0) is 6.54 Å². The molecule has 170 valence electrons. The number of aromatic nitrogens is 2. The van der Waals surface area contributed by atoms with Gasteiger partial charge in [-0.15, -0.1) is 11.3 Å². The highest BCUT2D eigenvalue weighted by atomic mass is 32.1. The molecule has 0 atom stereocenters. The molecule has 33 heavy (non-hydrogen) atoms. The van der Waals surface area contributed by atoms with Crippen molar-refractivity contribution in [3.8, 4) is 11.3 Å². The Labute approximate surface area is 198 Å². The minimum atomic E-state index is -0.0236. The van der Waals surface area contributed by atoms with Crippen molar-refractivity contribution >= 4 is 28.0 Å². The maximum absolute atomic E-state index is 12.8. The van der Waals surface area contributed by atoms with Crippen LogP contribution in [0.25, 0.3) is 16.2 Å². The lowest BCUT2D eigenvalue weighted by molar-refractivity contribution is 0.142. The van der Waals surface area contributed by atoms with Crippen LogP contribution in [0.3, 0.4) is 0 Å². The molecule has 0 bridgehead atoms. The number of amides is 2. The summed E-state index contributed by atoms with van der Waals surface area (Å²) in [6.07, 6.45) is 2.19. The van der Waals surface area contributed by atoms with Gasteiger partial charge in [-0.3, -0.25) is 9.30 Å². The van der Waals surface area contributed by atoms with Crippen LogP contribution < -0.4 is 5.32 Å². The lowest BCUT2D eigenvalue weighted by Crippen LogP contribution is -2.49. The highest BCUT2D eigenvalue weighted by Crippen LogP contribution is 2.30. The number of para-hydroxylation sites is 1. The first kappa shape index (κ1) is 21.7. The number of aryl methyl sites for hydroxylation is 3. The van der Waals surface area contributed by atoms with Gasteiger partial charge in [0.15, 0.2) is 4.96 Å². The topological polar surface area (TPSA) is 52.9 Å². The number of fused-ring (bicyclic) bond motifs is 1. The van der Waals surface area contributed by atoms with E-state index in [-0.39, 0.29) is 6.03 Å². The third-order valence-electron chi connectivity index (χ3n) is 6.29. The molecular formula is C26H29N5OS. The zero-order valence-corrected chi connectivity index (χ0v) is 20.2. The first-order chi connectivity index (χ1) is 16.0. The highest BCUT2D eigenvalue weighted by Gasteiger charge is 2.24. The second-order valence-corrected chi connectivity index (χ2v) is 9.99. The highest BCUT2D eigenvalue weighted by molar-refractivity contribution is 7.17. The minimum absolute atomic E-state index is 0.0236. The zero-order chi connectivity index (χ0) is 22.9. The lowest BCUT2D eigenvalue weighted by atomic mass is 10.1. The van der Waals surface area contributed by atoms with Crippen LogP contribution in [0.15, 0.2) is 54.7 Å². The molecule has 0 saturated carbocycles. The van der Waals surface area contributed by atoms with Gasteiger partial charge >= 0.3 is 6.03 Å². The van der Waals surface area contributed by atoms with E-state index < -0.39 is 0 Å². The number of benzene rings is 2. The van der Waals surface area contributed by atoms with Crippen LogP contribution in [0.1, 0.15) is 21.7 Å². The number of piperazine rings is 1. The van der Waals surface area contributed by atoms with Crippen LogP contribution in [-0.4, -0.2) is 51.4 Å². The number of carbonyl (C=O) groups is 1. The van der Waals surface area contributed by atoms with E-state index >= 15 is 0 Å². The van der Waals surface area contributed by atoms with Gasteiger partial charge in [0.05, 0.1) is 11.4 Å². The number of urea groups is 1. The fourth-order valence-corrected chi connectivity index (χ4v) is 5.17. The Bertz CT molecular complexity index is 1280. The summed E-state index contributed by atoms with van der Waals surface area (Å²) in [6.45, 7) is 10.2. The predicted octanol–water partition coefficient (Wildman–Crippen LogP) is 5.34. The van der Waals surface area contributed by atoms with E-state index in [0.29, 0.717) is 13.1 Å². The number of imidazole rings is 1. The van der Waals surface area contributed by atoms with Crippen LogP contribution in [0.4, 0.5) is 10.5 Å². The smallest absolute Gasteiger partial charge is 0.321 e. The molecule has 0 spiro atoms. The summed E-state index contributed by atoms with van der Waals surface area (Å²) < 4.78 is 2.24. The molecule has 1 fully saturated rings. The molecule has 2 aromatic carbocycles. The third kappa shape index (κ3) is 4.51. The molecule has 3 heterocycles. The number of nitrogens with zero attached hydrogens (tertiary/aromatic N) is 4. The molecule has 1 saturated heterocycles. The van der Waals surface area contributed by atoms with Gasteiger partial charge in [0.25, 0.3) is 0 Å². The summed E-state index contributed by atoms with van der Waals surface area (Å²) >= 11 is 1.73. The molecule has 0 aliphatic carbocycles. The first-order valence-corrected chi connectivity index (χ1v) is 12.2. The second-order valence-electron chi connectivity index (χ2n) is 8.78. The maximum atomic E-state index is 12.8. The Balaban J connectivity index is 1.30. The fraction of sp³-hybridized carbons (Fsp3) is 0.308. The van der Waals surface area contributed by atoms with Gasteiger partial charge in [-0.2, -0.15) is 0 Å². The summed E-state index contributed by atoms with van der Waals surface area (Å²) in [5, 5.41) is 3.06. The quantitative estimate of drug-likeness (QED) is 0.448. The maximum Gasteiger partial charge on any atom is 0.321 e. The van der Waals surface area contributed by atoms with Gasteiger partial charge in [-0.05, 0) is 32.4 Å². The molecule has 5 rings (SSSR count). The predicted molar refractivity (Wildman–Crippen MR) is 135 cm³/mol. The van der Waals surface area contributed by atoms with E-state index in [1.807, 2.05) is 36.1 Å². The fourth-order valence-electron chi connectivity index (χ4n) is 4.32. The number of nitrogens with one attached hydrogen (secondary N) is 1. The Morgan fingerprint density at radius 3 is 2.45 bits per heavy atom. The average molecular weight is 460 g/mol. The van der Waals surface area contributed by atoms with Crippen LogP contribution in [0.2, 0.25) is 0 Å². The zero-order valence-electron chi connectivity index (χ0n) is 19.3. The summed E-state index contributed by atoms with van der Waals surface area (Å²) in [5.74, 6) is 0. The summed E-state index contributed by atoms with van der Waals surface area (Å²) in [4.78, 5) is 24.4. The van der Waals surface area contributed by atoms with Gasteiger partial charge in [-0.1, -0.05) is 48.0 Å². The minimum Gasteiger partial charge on any atom is -0.322 e. The summed E-state index contributed by atoms with van der Waals surface area (Å²) in [5.41, 5.74) is 6.63. The molecule has 1 N–H and O–H groups in total. The first-order valence-electron chi connectivity index (χ1n) is 11.4. The van der Waals surface area contributed by atoms with E-state index in [1.54, 1.807) is 11.3 Å². The Morgan fingerprint density at radius 1 is 1.00 bits per heavy atom. The molecule has 1 aliphatic rings. The molecular weight excluding hydrogens is 430 g/mol. The van der Waals surface area contributed by atoms with Gasteiger partial charge in [-0.25, -0.2) is 9.78 Å².